The molecule has 0 saturated heterocycles. The number of aliphatic hydroxyl groups excluding tert-OH is 1. The molecule has 0 aliphatic rings. The van der Waals surface area contributed by atoms with Crippen molar-refractivity contribution in [2.75, 3.05) is 6.54 Å². The predicted octanol–water partition coefficient (Wildman–Crippen LogP) is 2.63. The second-order valence-corrected chi connectivity index (χ2v) is 5.35. The Morgan fingerprint density at radius 2 is 2.12 bits per heavy atom. The fraction of sp³-hybridized carbons (Fsp3) is 0.176. The van der Waals surface area contributed by atoms with Gasteiger partial charge < -0.3 is 15.2 Å². The van der Waals surface area contributed by atoms with Crippen LogP contribution in [0.5, 0.6) is 5.75 Å². The maximum absolute atomic E-state index is 12.2. The Bertz CT molecular complexity index is 882. The molecule has 1 amide bonds. The zero-order chi connectivity index (χ0) is 17.8. The summed E-state index contributed by atoms with van der Waals surface area (Å²) in [6.07, 6.45) is 0.554. The summed E-state index contributed by atoms with van der Waals surface area (Å²) in [6.45, 7) is -3.01. The van der Waals surface area contributed by atoms with Gasteiger partial charge in [0.2, 0.25) is 0 Å². The van der Waals surface area contributed by atoms with Crippen molar-refractivity contribution in [1.29, 1.82) is 0 Å². The van der Waals surface area contributed by atoms with Crippen LogP contribution < -0.4 is 10.1 Å². The van der Waals surface area contributed by atoms with E-state index in [1.165, 1.54) is 18.2 Å². The van der Waals surface area contributed by atoms with Gasteiger partial charge >= 0.3 is 6.61 Å². The fourth-order valence-corrected chi connectivity index (χ4v) is 2.39. The van der Waals surface area contributed by atoms with Crippen LogP contribution >= 0.6 is 0 Å². The van der Waals surface area contributed by atoms with Gasteiger partial charge in [-0.2, -0.15) is 13.9 Å². The smallest absolute Gasteiger partial charge is 0.387 e. The lowest BCUT2D eigenvalue weighted by Crippen LogP contribution is -2.28. The highest BCUT2D eigenvalue weighted by atomic mass is 19.3. The zero-order valence-corrected chi connectivity index (χ0v) is 12.9. The molecule has 0 radical (unpaired) electrons. The van der Waals surface area contributed by atoms with E-state index in [1.807, 2.05) is 0 Å². The lowest BCUT2D eigenvalue weighted by atomic mass is 10.1. The van der Waals surface area contributed by atoms with Gasteiger partial charge in [0.15, 0.2) is 0 Å². The van der Waals surface area contributed by atoms with Crippen molar-refractivity contribution in [1.82, 2.24) is 15.5 Å². The Morgan fingerprint density at radius 1 is 1.28 bits per heavy atom. The lowest BCUT2D eigenvalue weighted by molar-refractivity contribution is -0.0499. The maximum atomic E-state index is 12.2. The van der Waals surface area contributed by atoms with Gasteiger partial charge in [-0.3, -0.25) is 9.89 Å². The van der Waals surface area contributed by atoms with Crippen LogP contribution in [0.1, 0.15) is 22.0 Å². The number of benzene rings is 2. The predicted molar refractivity (Wildman–Crippen MR) is 86.5 cm³/mol. The summed E-state index contributed by atoms with van der Waals surface area (Å²) >= 11 is 0. The lowest BCUT2D eigenvalue weighted by Gasteiger charge is -2.14. The van der Waals surface area contributed by atoms with Crippen LogP contribution in [0.15, 0.2) is 48.7 Å². The van der Waals surface area contributed by atoms with Crippen molar-refractivity contribution in [3.05, 3.63) is 59.8 Å². The number of alkyl halides is 2. The monoisotopic (exact) mass is 347 g/mol. The van der Waals surface area contributed by atoms with Gasteiger partial charge in [0.25, 0.3) is 5.91 Å². The minimum Gasteiger partial charge on any atom is -0.435 e. The Kier molecular flexibility index (Phi) is 4.90. The minimum atomic E-state index is -2.94. The molecule has 1 aromatic heterocycles. The summed E-state index contributed by atoms with van der Waals surface area (Å²) < 4.78 is 28.8. The van der Waals surface area contributed by atoms with E-state index >= 15 is 0 Å². The second kappa shape index (κ2) is 7.27. The van der Waals surface area contributed by atoms with Gasteiger partial charge in [0.1, 0.15) is 5.75 Å². The van der Waals surface area contributed by atoms with E-state index in [-0.39, 0.29) is 18.2 Å². The van der Waals surface area contributed by atoms with Crippen LogP contribution in [0, 0.1) is 0 Å². The molecule has 3 rings (SSSR count). The third-order valence-corrected chi connectivity index (χ3v) is 3.63. The molecule has 0 aliphatic heterocycles. The summed E-state index contributed by atoms with van der Waals surface area (Å²) in [6, 6.07) is 10.8. The Labute approximate surface area is 141 Å². The number of H-pyrrole nitrogens is 1. The van der Waals surface area contributed by atoms with E-state index in [0.717, 1.165) is 10.9 Å². The molecule has 0 saturated carbocycles. The molecule has 2 aromatic carbocycles. The summed E-state index contributed by atoms with van der Waals surface area (Å²) in [7, 11) is 0. The highest BCUT2D eigenvalue weighted by Crippen LogP contribution is 2.20. The largest absolute Gasteiger partial charge is 0.435 e. The molecule has 0 aliphatic carbocycles. The third-order valence-electron chi connectivity index (χ3n) is 3.63. The van der Waals surface area contributed by atoms with Gasteiger partial charge in [-0.25, -0.2) is 0 Å². The van der Waals surface area contributed by atoms with Crippen LogP contribution in [0.25, 0.3) is 10.9 Å². The van der Waals surface area contributed by atoms with Crippen LogP contribution in [0.3, 0.4) is 0 Å². The Balaban J connectivity index is 1.63. The number of fused-ring (bicyclic) bond motifs is 1. The number of carbonyl (C=O) groups is 1. The normalized spacial score (nSPS) is 12.3. The molecule has 130 valence electrons. The highest BCUT2D eigenvalue weighted by Gasteiger charge is 2.13. The number of amides is 1. The highest BCUT2D eigenvalue weighted by molar-refractivity contribution is 5.97. The molecule has 8 heteroatoms. The SMILES string of the molecule is O=C(NCC(O)c1cccc(OC(F)F)c1)c1ccc2[nH]ncc2c1. The second-order valence-electron chi connectivity index (χ2n) is 5.35. The van der Waals surface area contributed by atoms with Crippen molar-refractivity contribution in [2.24, 2.45) is 0 Å². The molecule has 6 nitrogen and oxygen atoms in total. The Hall–Kier alpha value is -3.00. The van der Waals surface area contributed by atoms with Gasteiger partial charge in [-0.1, -0.05) is 12.1 Å². The third kappa shape index (κ3) is 4.10. The number of aromatic amines is 1. The van der Waals surface area contributed by atoms with E-state index in [1.54, 1.807) is 30.5 Å². The topological polar surface area (TPSA) is 87.2 Å². The van der Waals surface area contributed by atoms with Gasteiger partial charge in [-0.15, -0.1) is 0 Å². The van der Waals surface area contributed by atoms with Crippen molar-refractivity contribution in [2.45, 2.75) is 12.7 Å². The minimum absolute atomic E-state index is 0.0525. The number of aliphatic hydroxyl groups is 1. The van der Waals surface area contributed by atoms with Crippen LogP contribution in [-0.2, 0) is 0 Å². The van der Waals surface area contributed by atoms with Crippen molar-refractivity contribution in [3.63, 3.8) is 0 Å². The number of hydrogen-bond donors (Lipinski definition) is 3. The van der Waals surface area contributed by atoms with Crippen molar-refractivity contribution < 1.29 is 23.4 Å². The molecular weight excluding hydrogens is 332 g/mol. The average molecular weight is 347 g/mol. The fourth-order valence-electron chi connectivity index (χ4n) is 2.39. The number of rotatable bonds is 6. The van der Waals surface area contributed by atoms with Crippen LogP contribution in [-0.4, -0.2) is 34.4 Å². The molecule has 0 bridgehead atoms. The number of nitrogens with one attached hydrogen (secondary N) is 2. The molecule has 0 spiro atoms. The number of ether oxygens (including phenoxy) is 1. The van der Waals surface area contributed by atoms with Crippen molar-refractivity contribution in [3.8, 4) is 5.75 Å². The number of hydrogen-bond acceptors (Lipinski definition) is 4. The molecule has 1 heterocycles. The maximum Gasteiger partial charge on any atom is 0.387 e. The number of halogens is 2. The van der Waals surface area contributed by atoms with E-state index in [0.29, 0.717) is 11.1 Å². The van der Waals surface area contributed by atoms with E-state index < -0.39 is 12.7 Å². The van der Waals surface area contributed by atoms with Gasteiger partial charge in [-0.05, 0) is 35.9 Å². The Morgan fingerprint density at radius 3 is 2.92 bits per heavy atom. The molecule has 3 aromatic rings. The zero-order valence-electron chi connectivity index (χ0n) is 12.9. The number of aromatic nitrogens is 2. The molecular formula is C17H15F2N3O3. The first-order valence-electron chi connectivity index (χ1n) is 7.47. The molecule has 3 N–H and O–H groups in total. The van der Waals surface area contributed by atoms with E-state index in [9.17, 15) is 18.7 Å². The first-order chi connectivity index (χ1) is 12.0. The molecule has 25 heavy (non-hydrogen) atoms. The van der Waals surface area contributed by atoms with E-state index in [2.05, 4.69) is 20.3 Å². The number of nitrogens with zero attached hydrogens (tertiary/aromatic N) is 1. The van der Waals surface area contributed by atoms with Gasteiger partial charge in [0, 0.05) is 17.5 Å². The van der Waals surface area contributed by atoms with Crippen LogP contribution in [0.4, 0.5) is 8.78 Å². The molecule has 1 atom stereocenters. The van der Waals surface area contributed by atoms with Crippen LogP contribution in [0.2, 0.25) is 0 Å². The quantitative estimate of drug-likeness (QED) is 0.640. The van der Waals surface area contributed by atoms with Gasteiger partial charge in [0.05, 0.1) is 17.8 Å². The number of carbonyl (C=O) groups excluding carboxylic acids is 1. The average Bonchev–Trinajstić information content (AvgIpc) is 3.06. The molecule has 1 unspecified atom stereocenters. The summed E-state index contributed by atoms with van der Waals surface area (Å²) in [5, 5.41) is 20.2. The van der Waals surface area contributed by atoms with E-state index in [4.69, 9.17) is 0 Å². The standard InChI is InChI=1S/C17H15F2N3O3/c18-17(19)25-13-3-1-2-10(7-13)15(23)9-20-16(24)11-4-5-14-12(6-11)8-21-22-14/h1-8,15,17,23H,9H2,(H,20,24)(H,21,22). The molecule has 0 fully saturated rings. The summed E-state index contributed by atoms with van der Waals surface area (Å²) in [5.74, 6) is -0.412. The summed E-state index contributed by atoms with van der Waals surface area (Å²) in [5.41, 5.74) is 1.60. The first kappa shape index (κ1) is 16.8. The van der Waals surface area contributed by atoms with Crippen molar-refractivity contribution >= 4 is 16.8 Å². The summed E-state index contributed by atoms with van der Waals surface area (Å²) in [4.78, 5) is 12.2. The first-order valence-corrected chi connectivity index (χ1v) is 7.47.